The van der Waals surface area contributed by atoms with Crippen molar-refractivity contribution in [1.82, 2.24) is 9.97 Å². The second kappa shape index (κ2) is 11.0. The Morgan fingerprint density at radius 3 is 1.97 bits per heavy atom. The maximum atomic E-state index is 12.9. The molecule has 14 nitrogen and oxygen atoms in total. The molecule has 1 aliphatic heterocycles. The average molecular weight is 508 g/mol. The van der Waals surface area contributed by atoms with Gasteiger partial charge in [0.2, 0.25) is 12.4 Å². The molecule has 0 radical (unpaired) electrons. The summed E-state index contributed by atoms with van der Waals surface area (Å²) in [5.74, 6) is -4.09. The molecule has 2 aromatic rings. The first-order valence-corrected chi connectivity index (χ1v) is 10.7. The Labute approximate surface area is 203 Å². The van der Waals surface area contributed by atoms with Crippen LogP contribution in [0.2, 0.25) is 0 Å². The van der Waals surface area contributed by atoms with Crippen LogP contribution < -0.4 is 5.69 Å². The van der Waals surface area contributed by atoms with Crippen molar-refractivity contribution in [3.8, 4) is 0 Å². The summed E-state index contributed by atoms with van der Waals surface area (Å²) in [5, 5.41) is 0. The van der Waals surface area contributed by atoms with Crippen LogP contribution in [0.4, 0.5) is 0 Å². The van der Waals surface area contributed by atoms with Gasteiger partial charge < -0.3 is 38.4 Å². The zero-order valence-corrected chi connectivity index (χ0v) is 19.7. The van der Waals surface area contributed by atoms with Crippen LogP contribution in [0.1, 0.15) is 38.1 Å². The van der Waals surface area contributed by atoms with E-state index in [1.54, 1.807) is 0 Å². The number of benzene rings is 1. The van der Waals surface area contributed by atoms with E-state index in [4.69, 9.17) is 28.4 Å². The van der Waals surface area contributed by atoms with Gasteiger partial charge in [0.05, 0.1) is 16.6 Å². The Morgan fingerprint density at radius 2 is 1.36 bits per heavy atom. The number of fused-ring (bicyclic) bond motifs is 1. The molecule has 14 heteroatoms. The van der Waals surface area contributed by atoms with Crippen molar-refractivity contribution in [2.75, 3.05) is 6.61 Å². The average Bonchev–Trinajstić information content (AvgIpc) is 3.14. The number of esters is 5. The first-order chi connectivity index (χ1) is 16.9. The van der Waals surface area contributed by atoms with Crippen molar-refractivity contribution < 1.29 is 52.4 Å². The third-order valence-corrected chi connectivity index (χ3v) is 4.92. The van der Waals surface area contributed by atoms with E-state index in [2.05, 4.69) is 9.97 Å². The van der Waals surface area contributed by atoms with Gasteiger partial charge in [0.1, 0.15) is 12.7 Å². The van der Waals surface area contributed by atoms with Crippen LogP contribution >= 0.6 is 0 Å². The number of aromatic amines is 2. The zero-order chi connectivity index (χ0) is 26.6. The molecule has 3 rings (SSSR count). The molecule has 2 N–H and O–H groups in total. The fourth-order valence-electron chi connectivity index (χ4n) is 3.62. The predicted octanol–water partition coefficient (Wildman–Crippen LogP) is 0.0961. The van der Waals surface area contributed by atoms with E-state index in [-0.39, 0.29) is 5.56 Å². The predicted molar refractivity (Wildman–Crippen MR) is 116 cm³/mol. The lowest BCUT2D eigenvalue weighted by Gasteiger charge is -2.43. The molecule has 194 valence electrons. The number of imidazole rings is 1. The SMILES string of the molecule is CC(=O)OCC1OC(OC(=O)c2ccc3[nH]c(=O)[nH]c3c2)[C@H](OC(C)=O)C(OC(C)=O)C1OC(C)=O. The molecule has 0 amide bonds. The normalized spacial score (nSPS) is 23.4. The Bertz CT molecular complexity index is 1230. The summed E-state index contributed by atoms with van der Waals surface area (Å²) < 4.78 is 31.9. The van der Waals surface area contributed by atoms with Crippen LogP contribution in [-0.4, -0.2) is 77.1 Å². The number of carbonyl (C=O) groups excluding carboxylic acids is 5. The smallest absolute Gasteiger partial charge is 0.340 e. The molecule has 0 spiro atoms. The van der Waals surface area contributed by atoms with Gasteiger partial charge >= 0.3 is 35.5 Å². The van der Waals surface area contributed by atoms with Gasteiger partial charge in [0.15, 0.2) is 12.2 Å². The van der Waals surface area contributed by atoms with Crippen LogP contribution in [-0.2, 0) is 47.6 Å². The van der Waals surface area contributed by atoms with Crippen LogP contribution in [0.15, 0.2) is 23.0 Å². The highest BCUT2D eigenvalue weighted by molar-refractivity contribution is 5.93. The Kier molecular flexibility index (Phi) is 8.09. The first-order valence-electron chi connectivity index (χ1n) is 10.7. The summed E-state index contributed by atoms with van der Waals surface area (Å²) in [6.45, 7) is 3.88. The molecule has 1 aromatic carbocycles. The molecule has 1 saturated heterocycles. The summed E-state index contributed by atoms with van der Waals surface area (Å²) in [6.07, 6.45) is -7.35. The third kappa shape index (κ3) is 6.47. The summed E-state index contributed by atoms with van der Waals surface area (Å²) in [4.78, 5) is 76.3. The van der Waals surface area contributed by atoms with E-state index in [0.717, 1.165) is 27.7 Å². The van der Waals surface area contributed by atoms with E-state index < -0.39 is 72.8 Å². The fourth-order valence-corrected chi connectivity index (χ4v) is 3.62. The largest absolute Gasteiger partial charge is 0.463 e. The van der Waals surface area contributed by atoms with Gasteiger partial charge in [-0.25, -0.2) is 9.59 Å². The van der Waals surface area contributed by atoms with Crippen LogP contribution in [0.3, 0.4) is 0 Å². The van der Waals surface area contributed by atoms with E-state index in [1.165, 1.54) is 18.2 Å². The van der Waals surface area contributed by atoms with E-state index in [1.807, 2.05) is 0 Å². The minimum absolute atomic E-state index is 0.00519. The summed E-state index contributed by atoms with van der Waals surface area (Å²) in [5.41, 5.74) is 0.306. The van der Waals surface area contributed by atoms with Crippen molar-refractivity contribution in [3.63, 3.8) is 0 Å². The number of ether oxygens (including phenoxy) is 6. The number of carbonyl (C=O) groups is 5. The molecule has 36 heavy (non-hydrogen) atoms. The number of H-pyrrole nitrogens is 2. The number of aromatic nitrogens is 2. The minimum Gasteiger partial charge on any atom is -0.463 e. The lowest BCUT2D eigenvalue weighted by molar-refractivity contribution is -0.294. The van der Waals surface area contributed by atoms with Crippen molar-refractivity contribution >= 4 is 40.9 Å². The van der Waals surface area contributed by atoms with Gasteiger partial charge in [-0.1, -0.05) is 0 Å². The maximum absolute atomic E-state index is 12.9. The highest BCUT2D eigenvalue weighted by Gasteiger charge is 2.53. The van der Waals surface area contributed by atoms with Crippen molar-refractivity contribution in [1.29, 1.82) is 0 Å². The Morgan fingerprint density at radius 1 is 0.778 bits per heavy atom. The second-order valence-corrected chi connectivity index (χ2v) is 7.81. The van der Waals surface area contributed by atoms with Gasteiger partial charge in [-0.3, -0.25) is 19.2 Å². The minimum atomic E-state index is -1.67. The van der Waals surface area contributed by atoms with Crippen molar-refractivity contribution in [3.05, 3.63) is 34.2 Å². The van der Waals surface area contributed by atoms with Crippen molar-refractivity contribution in [2.45, 2.75) is 58.4 Å². The molecule has 1 fully saturated rings. The molecule has 0 bridgehead atoms. The summed E-state index contributed by atoms with van der Waals surface area (Å²) in [6, 6.07) is 4.19. The number of hydrogen-bond acceptors (Lipinski definition) is 12. The first kappa shape index (κ1) is 26.4. The maximum Gasteiger partial charge on any atom is 0.340 e. The monoisotopic (exact) mass is 508 g/mol. The lowest BCUT2D eigenvalue weighted by Crippen LogP contribution is -2.63. The number of rotatable bonds is 7. The third-order valence-electron chi connectivity index (χ3n) is 4.92. The highest BCUT2D eigenvalue weighted by atomic mass is 16.7. The molecular formula is C22H24N2O12. The van der Waals surface area contributed by atoms with Gasteiger partial charge in [0, 0.05) is 27.7 Å². The summed E-state index contributed by atoms with van der Waals surface area (Å²) in [7, 11) is 0. The van der Waals surface area contributed by atoms with Crippen LogP contribution in [0.25, 0.3) is 11.0 Å². The van der Waals surface area contributed by atoms with Crippen LogP contribution in [0.5, 0.6) is 0 Å². The molecule has 1 aromatic heterocycles. The molecule has 5 atom stereocenters. The van der Waals surface area contributed by atoms with Gasteiger partial charge in [0.25, 0.3) is 0 Å². The number of nitrogens with one attached hydrogen (secondary N) is 2. The van der Waals surface area contributed by atoms with E-state index in [9.17, 15) is 28.8 Å². The highest BCUT2D eigenvalue weighted by Crippen LogP contribution is 2.30. The topological polar surface area (TPSA) is 189 Å². The Balaban J connectivity index is 1.96. The van der Waals surface area contributed by atoms with Crippen molar-refractivity contribution in [2.24, 2.45) is 0 Å². The van der Waals surface area contributed by atoms with Gasteiger partial charge in [-0.2, -0.15) is 0 Å². The summed E-state index contributed by atoms with van der Waals surface area (Å²) >= 11 is 0. The molecule has 0 aliphatic carbocycles. The molecule has 0 saturated carbocycles. The number of hydrogen-bond donors (Lipinski definition) is 2. The Hall–Kier alpha value is -4.20. The van der Waals surface area contributed by atoms with Crippen LogP contribution in [0, 0.1) is 0 Å². The quantitative estimate of drug-likeness (QED) is 0.379. The van der Waals surface area contributed by atoms with E-state index >= 15 is 0 Å². The van der Waals surface area contributed by atoms with Gasteiger partial charge in [-0.05, 0) is 18.2 Å². The second-order valence-electron chi connectivity index (χ2n) is 7.81. The molecule has 1 aliphatic rings. The van der Waals surface area contributed by atoms with Gasteiger partial charge in [-0.15, -0.1) is 0 Å². The zero-order valence-electron chi connectivity index (χ0n) is 19.7. The fraction of sp³-hybridized carbons (Fsp3) is 0.455. The molecule has 2 heterocycles. The molecular weight excluding hydrogens is 484 g/mol. The lowest BCUT2D eigenvalue weighted by atomic mass is 9.98. The van der Waals surface area contributed by atoms with E-state index in [0.29, 0.717) is 11.0 Å². The molecule has 4 unspecified atom stereocenters. The standard InChI is InChI=1S/C22H24N2O12/c1-9(25)31-8-16-17(32-10(2)26)18(33-11(3)27)19(34-12(4)28)21(35-16)36-20(29)13-5-6-14-15(7-13)24-22(30)23-14/h5-7,16-19,21H,8H2,1-4H3,(H2,23,24,30)/t16?,17?,18?,19-,21?/m1/s1.